The second-order valence-electron chi connectivity index (χ2n) is 9.32. The summed E-state index contributed by atoms with van der Waals surface area (Å²) in [6, 6.07) is 23.6. The van der Waals surface area contributed by atoms with Gasteiger partial charge in [0.15, 0.2) is 0 Å². The number of hydrogen-bond donors (Lipinski definition) is 0. The van der Waals surface area contributed by atoms with E-state index in [2.05, 4.69) is 91.6 Å². The molecule has 2 heterocycles. The van der Waals surface area contributed by atoms with Crippen LogP contribution in [0.15, 0.2) is 66.7 Å². The minimum Gasteiger partial charge on any atom is -0.492 e. The molecule has 33 heavy (non-hydrogen) atoms. The number of ether oxygens (including phenoxy) is 2. The normalized spacial score (nSPS) is 18.2. The molecule has 1 saturated heterocycles. The van der Waals surface area contributed by atoms with Crippen LogP contribution in [-0.2, 0) is 0 Å². The van der Waals surface area contributed by atoms with Crippen LogP contribution in [0.3, 0.4) is 0 Å². The lowest BCUT2D eigenvalue weighted by molar-refractivity contribution is 0.183. The molecule has 1 unspecified atom stereocenters. The third kappa shape index (κ3) is 5.15. The number of likely N-dealkylation sites (tertiary alicyclic amines) is 1. The van der Waals surface area contributed by atoms with Gasteiger partial charge in [0.25, 0.3) is 0 Å². The zero-order valence-electron chi connectivity index (χ0n) is 19.7. The molecule has 0 radical (unpaired) electrons. The summed E-state index contributed by atoms with van der Waals surface area (Å²) >= 11 is 0. The van der Waals surface area contributed by atoms with Crippen LogP contribution in [0.25, 0.3) is 11.6 Å². The number of nitrogens with zero attached hydrogens (tertiary/aromatic N) is 1. The Morgan fingerprint density at radius 1 is 0.848 bits per heavy atom. The highest BCUT2D eigenvalue weighted by atomic mass is 16.5. The van der Waals surface area contributed by atoms with E-state index in [0.29, 0.717) is 0 Å². The van der Waals surface area contributed by atoms with Gasteiger partial charge in [-0.2, -0.15) is 0 Å². The van der Waals surface area contributed by atoms with E-state index in [1.807, 2.05) is 0 Å². The van der Waals surface area contributed by atoms with Crippen molar-refractivity contribution >= 4 is 11.6 Å². The first-order chi connectivity index (χ1) is 16.2. The maximum atomic E-state index is 6.58. The Kier molecular flexibility index (Phi) is 6.50. The molecule has 0 aromatic heterocycles. The lowest BCUT2D eigenvalue weighted by Crippen LogP contribution is -2.33. The Morgan fingerprint density at radius 3 is 2.33 bits per heavy atom. The molecular weight excluding hydrogens is 406 g/mol. The van der Waals surface area contributed by atoms with Crippen LogP contribution in [0.5, 0.6) is 11.5 Å². The van der Waals surface area contributed by atoms with Gasteiger partial charge in [-0.05, 0) is 80.7 Å². The fourth-order valence-electron chi connectivity index (χ4n) is 4.74. The highest BCUT2D eigenvalue weighted by Crippen LogP contribution is 2.42. The Bertz CT molecular complexity index is 1110. The van der Waals surface area contributed by atoms with Crippen molar-refractivity contribution in [2.24, 2.45) is 0 Å². The number of rotatable bonds is 6. The van der Waals surface area contributed by atoms with Crippen molar-refractivity contribution in [3.8, 4) is 11.5 Å². The van der Waals surface area contributed by atoms with Gasteiger partial charge in [-0.3, -0.25) is 4.90 Å². The van der Waals surface area contributed by atoms with Crippen LogP contribution < -0.4 is 9.47 Å². The van der Waals surface area contributed by atoms with E-state index in [1.165, 1.54) is 54.6 Å². The van der Waals surface area contributed by atoms with Crippen LogP contribution in [-0.4, -0.2) is 31.1 Å². The molecule has 3 nitrogen and oxygen atoms in total. The molecule has 3 aromatic rings. The van der Waals surface area contributed by atoms with E-state index in [1.54, 1.807) is 0 Å². The van der Waals surface area contributed by atoms with Crippen molar-refractivity contribution < 1.29 is 9.47 Å². The molecule has 0 bridgehead atoms. The predicted molar refractivity (Wildman–Crippen MR) is 136 cm³/mol. The fourth-order valence-corrected chi connectivity index (χ4v) is 4.74. The van der Waals surface area contributed by atoms with Crippen molar-refractivity contribution in [2.45, 2.75) is 39.2 Å². The predicted octanol–water partition coefficient (Wildman–Crippen LogP) is 6.84. The number of hydrogen-bond acceptors (Lipinski definition) is 3. The molecule has 1 fully saturated rings. The summed E-state index contributed by atoms with van der Waals surface area (Å²) < 4.78 is 12.6. The lowest BCUT2D eigenvalue weighted by Gasteiger charge is -2.29. The molecule has 5 rings (SSSR count). The van der Waals surface area contributed by atoms with Gasteiger partial charge >= 0.3 is 0 Å². The summed E-state index contributed by atoms with van der Waals surface area (Å²) in [7, 11) is 0. The summed E-state index contributed by atoms with van der Waals surface area (Å²) in [5.41, 5.74) is 7.11. The summed E-state index contributed by atoms with van der Waals surface area (Å²) in [6.07, 6.45) is 6.12. The lowest BCUT2D eigenvalue weighted by atomic mass is 9.90. The van der Waals surface area contributed by atoms with E-state index in [0.717, 1.165) is 35.8 Å². The Labute approximate surface area is 197 Å². The molecule has 0 spiro atoms. The van der Waals surface area contributed by atoms with Crippen LogP contribution >= 0.6 is 0 Å². The van der Waals surface area contributed by atoms with Gasteiger partial charge in [-0.25, -0.2) is 0 Å². The van der Waals surface area contributed by atoms with E-state index >= 15 is 0 Å². The zero-order chi connectivity index (χ0) is 22.6. The molecule has 1 atom stereocenters. The number of piperidine rings is 1. The molecular formula is C30H33NO2. The summed E-state index contributed by atoms with van der Waals surface area (Å²) in [4.78, 5) is 2.51. The standard InChI is InChI=1S/C30H33NO2/c1-22-6-9-24(10-7-22)28-21-26-11-8-23(2)20-29(26)33-30(28)25-12-14-27(15-13-25)32-19-18-31-16-4-3-5-17-31/h6-15,20-21,30H,3-5,16-19H2,1-2H3. The number of benzene rings is 3. The van der Waals surface area contributed by atoms with Crippen molar-refractivity contribution in [3.05, 3.63) is 94.5 Å². The van der Waals surface area contributed by atoms with Crippen LogP contribution in [0, 0.1) is 13.8 Å². The average Bonchev–Trinajstić information content (AvgIpc) is 2.85. The SMILES string of the molecule is Cc1ccc(C2=Cc3ccc(C)cc3OC2c2ccc(OCCN3CCCCC3)cc2)cc1. The monoisotopic (exact) mass is 439 g/mol. The fraction of sp³-hybridized carbons (Fsp3) is 0.333. The van der Waals surface area contributed by atoms with Gasteiger partial charge in [0.2, 0.25) is 0 Å². The van der Waals surface area contributed by atoms with Crippen LogP contribution in [0.2, 0.25) is 0 Å². The first-order valence-corrected chi connectivity index (χ1v) is 12.2. The Morgan fingerprint density at radius 2 is 1.58 bits per heavy atom. The number of fused-ring (bicyclic) bond motifs is 1. The third-order valence-electron chi connectivity index (χ3n) is 6.70. The minimum absolute atomic E-state index is 0.149. The minimum atomic E-state index is -0.149. The van der Waals surface area contributed by atoms with Crippen molar-refractivity contribution in [2.75, 3.05) is 26.2 Å². The molecule has 0 aliphatic carbocycles. The van der Waals surface area contributed by atoms with Gasteiger partial charge in [0, 0.05) is 17.7 Å². The second kappa shape index (κ2) is 9.84. The summed E-state index contributed by atoms with van der Waals surface area (Å²) in [5, 5.41) is 0. The van der Waals surface area contributed by atoms with Crippen molar-refractivity contribution in [1.29, 1.82) is 0 Å². The molecule has 2 aliphatic rings. The Hall–Kier alpha value is -3.04. The van der Waals surface area contributed by atoms with Gasteiger partial charge in [-0.15, -0.1) is 0 Å². The topological polar surface area (TPSA) is 21.7 Å². The van der Waals surface area contributed by atoms with Crippen LogP contribution in [0.1, 0.15) is 53.2 Å². The van der Waals surface area contributed by atoms with E-state index in [4.69, 9.17) is 9.47 Å². The smallest absolute Gasteiger partial charge is 0.149 e. The molecule has 3 aromatic carbocycles. The van der Waals surface area contributed by atoms with Crippen molar-refractivity contribution in [3.63, 3.8) is 0 Å². The first-order valence-electron chi connectivity index (χ1n) is 12.2. The van der Waals surface area contributed by atoms with Gasteiger partial charge in [-0.1, -0.05) is 60.5 Å². The van der Waals surface area contributed by atoms with Crippen LogP contribution in [0.4, 0.5) is 0 Å². The Balaban J connectivity index is 1.35. The van der Waals surface area contributed by atoms with Gasteiger partial charge in [0.1, 0.15) is 24.2 Å². The van der Waals surface area contributed by atoms with E-state index < -0.39 is 0 Å². The first kappa shape index (κ1) is 21.8. The highest BCUT2D eigenvalue weighted by Gasteiger charge is 2.26. The largest absolute Gasteiger partial charge is 0.492 e. The molecule has 0 saturated carbocycles. The highest BCUT2D eigenvalue weighted by molar-refractivity contribution is 5.88. The van der Waals surface area contributed by atoms with E-state index in [9.17, 15) is 0 Å². The molecule has 0 N–H and O–H groups in total. The van der Waals surface area contributed by atoms with Gasteiger partial charge < -0.3 is 9.47 Å². The molecule has 170 valence electrons. The molecule has 2 aliphatic heterocycles. The molecule has 3 heteroatoms. The van der Waals surface area contributed by atoms with Gasteiger partial charge in [0.05, 0.1) is 0 Å². The van der Waals surface area contributed by atoms with E-state index in [-0.39, 0.29) is 6.10 Å². The number of aryl methyl sites for hydroxylation is 2. The maximum Gasteiger partial charge on any atom is 0.149 e. The quantitative estimate of drug-likeness (QED) is 0.420. The second-order valence-corrected chi connectivity index (χ2v) is 9.32. The maximum absolute atomic E-state index is 6.58. The third-order valence-corrected chi connectivity index (χ3v) is 6.70. The van der Waals surface area contributed by atoms with Crippen molar-refractivity contribution in [1.82, 2.24) is 4.90 Å². The summed E-state index contributed by atoms with van der Waals surface area (Å²) in [5.74, 6) is 1.86. The summed E-state index contributed by atoms with van der Waals surface area (Å²) in [6.45, 7) is 8.38. The molecule has 0 amide bonds. The average molecular weight is 440 g/mol. The zero-order valence-corrected chi connectivity index (χ0v) is 19.7.